The highest BCUT2D eigenvalue weighted by Gasteiger charge is 2.06. The minimum absolute atomic E-state index is 0.341. The average Bonchev–Trinajstić information content (AvgIpc) is 2.29. The molecule has 0 fully saturated rings. The molecule has 0 saturated heterocycles. The van der Waals surface area contributed by atoms with Gasteiger partial charge in [0, 0.05) is 12.1 Å². The van der Waals surface area contributed by atoms with Crippen LogP contribution in [-0.4, -0.2) is 18.1 Å². The van der Waals surface area contributed by atoms with Crippen LogP contribution in [0.1, 0.15) is 19.4 Å². The van der Waals surface area contributed by atoms with E-state index in [9.17, 15) is 4.39 Å². The summed E-state index contributed by atoms with van der Waals surface area (Å²) in [7, 11) is 0. The van der Waals surface area contributed by atoms with Gasteiger partial charge in [0.15, 0.2) is 0 Å². The number of aromatic nitrogens is 1. The molecule has 0 unspecified atom stereocenters. The van der Waals surface area contributed by atoms with Crippen LogP contribution in [-0.2, 0) is 6.54 Å². The zero-order chi connectivity index (χ0) is 11.8. The van der Waals surface area contributed by atoms with Crippen molar-refractivity contribution in [1.29, 1.82) is 0 Å². The smallest absolute Gasteiger partial charge is 0.218 e. The van der Waals surface area contributed by atoms with Crippen molar-refractivity contribution in [2.75, 3.05) is 13.2 Å². The summed E-state index contributed by atoms with van der Waals surface area (Å²) >= 11 is 0. The summed E-state index contributed by atoms with van der Waals surface area (Å²) in [4.78, 5) is 3.93. The summed E-state index contributed by atoms with van der Waals surface area (Å²) in [6.45, 7) is 5.75. The van der Waals surface area contributed by atoms with Crippen molar-refractivity contribution in [3.8, 4) is 5.88 Å². The molecule has 0 radical (unpaired) electrons. The van der Waals surface area contributed by atoms with Gasteiger partial charge < -0.3 is 10.1 Å². The molecular weight excluding hydrogens is 207 g/mol. The van der Waals surface area contributed by atoms with E-state index in [1.165, 1.54) is 12.3 Å². The molecule has 4 heteroatoms. The molecule has 0 aliphatic carbocycles. The monoisotopic (exact) mass is 224 g/mol. The lowest BCUT2D eigenvalue weighted by atomic mass is 10.2. The predicted octanol–water partition coefficient (Wildman–Crippen LogP) is 2.29. The normalized spacial score (nSPS) is 10.9. The standard InChI is InChI=1S/C12H17FN2O/c1-3-5-6-16-12-10(8-14-4-2)7-11(13)9-15-12/h3,5,7,9,14H,4,6,8H2,1-2H3/b5-3+. The number of rotatable bonds is 6. The van der Waals surface area contributed by atoms with Crippen LogP contribution in [0.15, 0.2) is 24.4 Å². The highest BCUT2D eigenvalue weighted by atomic mass is 19.1. The number of pyridine rings is 1. The van der Waals surface area contributed by atoms with Crippen LogP contribution in [0, 0.1) is 5.82 Å². The predicted molar refractivity (Wildman–Crippen MR) is 61.9 cm³/mol. The van der Waals surface area contributed by atoms with E-state index >= 15 is 0 Å². The molecule has 1 heterocycles. The van der Waals surface area contributed by atoms with Gasteiger partial charge in [-0.2, -0.15) is 0 Å². The van der Waals surface area contributed by atoms with Gasteiger partial charge in [0.2, 0.25) is 5.88 Å². The van der Waals surface area contributed by atoms with E-state index < -0.39 is 0 Å². The first-order valence-corrected chi connectivity index (χ1v) is 5.37. The van der Waals surface area contributed by atoms with Gasteiger partial charge in [-0.15, -0.1) is 0 Å². The van der Waals surface area contributed by atoms with Crippen LogP contribution in [0.25, 0.3) is 0 Å². The summed E-state index contributed by atoms with van der Waals surface area (Å²) < 4.78 is 18.4. The third-order valence-electron chi connectivity index (χ3n) is 2.01. The van der Waals surface area contributed by atoms with Crippen molar-refractivity contribution in [2.45, 2.75) is 20.4 Å². The summed E-state index contributed by atoms with van der Waals surface area (Å²) in [6, 6.07) is 1.45. The topological polar surface area (TPSA) is 34.1 Å². The molecule has 3 nitrogen and oxygen atoms in total. The van der Waals surface area contributed by atoms with Crippen molar-refractivity contribution in [3.63, 3.8) is 0 Å². The lowest BCUT2D eigenvalue weighted by Gasteiger charge is -2.09. The molecule has 0 aromatic carbocycles. The van der Waals surface area contributed by atoms with Gasteiger partial charge in [-0.25, -0.2) is 9.37 Å². The minimum Gasteiger partial charge on any atom is -0.473 e. The van der Waals surface area contributed by atoms with Crippen LogP contribution >= 0.6 is 0 Å². The van der Waals surface area contributed by atoms with Gasteiger partial charge in [-0.05, 0) is 19.5 Å². The van der Waals surface area contributed by atoms with E-state index in [4.69, 9.17) is 4.74 Å². The van der Waals surface area contributed by atoms with E-state index in [2.05, 4.69) is 10.3 Å². The van der Waals surface area contributed by atoms with Crippen molar-refractivity contribution < 1.29 is 9.13 Å². The van der Waals surface area contributed by atoms with E-state index in [1.54, 1.807) is 0 Å². The third-order valence-corrected chi connectivity index (χ3v) is 2.01. The first-order valence-electron chi connectivity index (χ1n) is 5.37. The second-order valence-electron chi connectivity index (χ2n) is 3.28. The Morgan fingerprint density at radius 2 is 2.38 bits per heavy atom. The molecule has 0 aliphatic rings. The maximum Gasteiger partial charge on any atom is 0.218 e. The number of hydrogen-bond donors (Lipinski definition) is 1. The molecule has 16 heavy (non-hydrogen) atoms. The molecule has 1 aromatic rings. The van der Waals surface area contributed by atoms with E-state index in [-0.39, 0.29) is 5.82 Å². The number of ether oxygens (including phenoxy) is 1. The average molecular weight is 224 g/mol. The van der Waals surface area contributed by atoms with Crippen molar-refractivity contribution >= 4 is 0 Å². The fraction of sp³-hybridized carbons (Fsp3) is 0.417. The van der Waals surface area contributed by atoms with E-state index in [1.807, 2.05) is 26.0 Å². The SMILES string of the molecule is C/C=C/COc1ncc(F)cc1CNCC. The third kappa shape index (κ3) is 3.98. The molecule has 0 spiro atoms. The number of allylic oxidation sites excluding steroid dienone is 1. The van der Waals surface area contributed by atoms with Gasteiger partial charge in [-0.3, -0.25) is 0 Å². The Bertz CT molecular complexity index is 353. The van der Waals surface area contributed by atoms with E-state index in [0.29, 0.717) is 19.0 Å². The molecule has 1 N–H and O–H groups in total. The molecule has 1 aromatic heterocycles. The maximum atomic E-state index is 13.0. The number of hydrogen-bond acceptors (Lipinski definition) is 3. The minimum atomic E-state index is -0.341. The van der Waals surface area contributed by atoms with Gasteiger partial charge >= 0.3 is 0 Å². The van der Waals surface area contributed by atoms with Gasteiger partial charge in [0.1, 0.15) is 12.4 Å². The first-order chi connectivity index (χ1) is 7.77. The summed E-state index contributed by atoms with van der Waals surface area (Å²) in [6.07, 6.45) is 4.94. The second-order valence-corrected chi connectivity index (χ2v) is 3.28. The fourth-order valence-corrected chi connectivity index (χ4v) is 1.21. The lowest BCUT2D eigenvalue weighted by Crippen LogP contribution is -2.13. The molecule has 1 rings (SSSR count). The van der Waals surface area contributed by atoms with Gasteiger partial charge in [-0.1, -0.05) is 19.1 Å². The Labute approximate surface area is 95.3 Å². The Morgan fingerprint density at radius 1 is 1.56 bits per heavy atom. The van der Waals surface area contributed by atoms with Crippen molar-refractivity contribution in [2.24, 2.45) is 0 Å². The lowest BCUT2D eigenvalue weighted by molar-refractivity contribution is 0.341. The molecule has 0 atom stereocenters. The summed E-state index contributed by atoms with van der Waals surface area (Å²) in [5, 5.41) is 3.12. The Hall–Kier alpha value is -1.42. The molecular formula is C12H17FN2O. The molecule has 0 amide bonds. The highest BCUT2D eigenvalue weighted by Crippen LogP contribution is 2.15. The van der Waals surface area contributed by atoms with Gasteiger partial charge in [0.25, 0.3) is 0 Å². The van der Waals surface area contributed by atoms with Crippen LogP contribution < -0.4 is 10.1 Å². The van der Waals surface area contributed by atoms with E-state index in [0.717, 1.165) is 12.1 Å². The van der Waals surface area contributed by atoms with Gasteiger partial charge in [0.05, 0.1) is 6.20 Å². The highest BCUT2D eigenvalue weighted by molar-refractivity contribution is 5.26. The van der Waals surface area contributed by atoms with Crippen LogP contribution in [0.5, 0.6) is 5.88 Å². The maximum absolute atomic E-state index is 13.0. The van der Waals surface area contributed by atoms with Crippen LogP contribution in [0.3, 0.4) is 0 Å². The van der Waals surface area contributed by atoms with Crippen LogP contribution in [0.2, 0.25) is 0 Å². The number of nitrogens with zero attached hydrogens (tertiary/aromatic N) is 1. The Kier molecular flexibility index (Phi) is 5.50. The molecule has 0 bridgehead atoms. The fourth-order valence-electron chi connectivity index (χ4n) is 1.21. The zero-order valence-electron chi connectivity index (χ0n) is 9.66. The van der Waals surface area contributed by atoms with Crippen LogP contribution in [0.4, 0.5) is 4.39 Å². The Balaban J connectivity index is 2.72. The number of nitrogens with one attached hydrogen (secondary N) is 1. The quantitative estimate of drug-likeness (QED) is 0.753. The molecule has 0 saturated carbocycles. The number of halogens is 1. The van der Waals surface area contributed by atoms with Crippen molar-refractivity contribution in [1.82, 2.24) is 10.3 Å². The van der Waals surface area contributed by atoms with Crippen molar-refractivity contribution in [3.05, 3.63) is 35.8 Å². The molecule has 0 aliphatic heterocycles. The molecule has 88 valence electrons. The summed E-state index contributed by atoms with van der Waals surface area (Å²) in [5.74, 6) is 0.145. The zero-order valence-corrected chi connectivity index (χ0v) is 9.66. The second kappa shape index (κ2) is 6.95. The largest absolute Gasteiger partial charge is 0.473 e. The summed E-state index contributed by atoms with van der Waals surface area (Å²) in [5.41, 5.74) is 0.742. The Morgan fingerprint density at radius 3 is 3.06 bits per heavy atom. The first kappa shape index (κ1) is 12.6.